The van der Waals surface area contributed by atoms with Gasteiger partial charge in [-0.05, 0) is 27.7 Å². The number of rotatable bonds is 0. The summed E-state index contributed by atoms with van der Waals surface area (Å²) in [5.41, 5.74) is 8.32. The van der Waals surface area contributed by atoms with Gasteiger partial charge in [0.2, 0.25) is 0 Å². The fourth-order valence-electron chi connectivity index (χ4n) is 3.38. The summed E-state index contributed by atoms with van der Waals surface area (Å²) in [7, 11) is 11.0. The molecule has 0 aliphatic carbocycles. The van der Waals surface area contributed by atoms with E-state index in [1.54, 1.807) is 0 Å². The Morgan fingerprint density at radius 1 is 0.667 bits per heavy atom. The molecule has 0 amide bonds. The fraction of sp³-hybridized carbons (Fsp3) is 0.308. The maximum atomic E-state index is 4.93. The Kier molecular flexibility index (Phi) is 12.5. The topological polar surface area (TPSA) is 0 Å². The van der Waals surface area contributed by atoms with E-state index in [0.29, 0.717) is 0 Å². The van der Waals surface area contributed by atoms with Crippen molar-refractivity contribution in [2.24, 2.45) is 0 Å². The van der Waals surface area contributed by atoms with Crippen LogP contribution in [-0.2, 0) is 20.8 Å². The second-order valence-corrected chi connectivity index (χ2v) is 12.4. The molecule has 0 aliphatic heterocycles. The van der Waals surface area contributed by atoms with Gasteiger partial charge in [-0.1, -0.05) is 49.2 Å². The van der Waals surface area contributed by atoms with Crippen LogP contribution in [0.2, 0.25) is 13.1 Å². The molecule has 0 unspecified atom stereocenters. The van der Waals surface area contributed by atoms with E-state index < -0.39 is 20.8 Å². The van der Waals surface area contributed by atoms with E-state index in [-0.39, 0.29) is 0 Å². The Labute approximate surface area is 204 Å². The van der Waals surface area contributed by atoms with E-state index in [9.17, 15) is 0 Å². The van der Waals surface area contributed by atoms with Crippen molar-refractivity contribution < 1.29 is 20.8 Å². The van der Waals surface area contributed by atoms with Crippen molar-refractivity contribution in [2.45, 2.75) is 54.6 Å². The predicted molar refractivity (Wildman–Crippen MR) is 137 cm³/mol. The van der Waals surface area contributed by atoms with Gasteiger partial charge in [0.15, 0.2) is 0 Å². The SMILES string of the molecule is C[Si]C.Cc1cc2c(C)c(C)ccc2[cH-]1.Cc1cc2c(C)c(C)ccc2[cH-]1.[Cl][Zr+2][Cl]. The summed E-state index contributed by atoms with van der Waals surface area (Å²) in [5, 5.41) is 5.56. The molecule has 0 spiro atoms. The molecule has 0 atom stereocenters. The van der Waals surface area contributed by atoms with Crippen LogP contribution in [-0.4, -0.2) is 9.52 Å². The van der Waals surface area contributed by atoms with Gasteiger partial charge in [-0.25, -0.2) is 0 Å². The molecule has 0 aliphatic rings. The Hall–Kier alpha value is -0.660. The summed E-state index contributed by atoms with van der Waals surface area (Å²) < 4.78 is 0. The zero-order valence-electron chi connectivity index (χ0n) is 19.4. The maximum absolute atomic E-state index is 4.93. The van der Waals surface area contributed by atoms with Crippen molar-refractivity contribution in [1.29, 1.82) is 0 Å². The third-order valence-corrected chi connectivity index (χ3v) is 5.15. The molecule has 4 aromatic carbocycles. The second-order valence-electron chi connectivity index (χ2n) is 7.66. The molecule has 4 rings (SSSR count). The van der Waals surface area contributed by atoms with Gasteiger partial charge in [0.05, 0.1) is 0 Å². The molecule has 30 heavy (non-hydrogen) atoms. The molecule has 4 aromatic rings. The van der Waals surface area contributed by atoms with Crippen LogP contribution in [0.3, 0.4) is 0 Å². The summed E-state index contributed by atoms with van der Waals surface area (Å²) in [6.45, 7) is 17.3. The standard InChI is InChI=1S/2C12H13.C2H6Si.2ClH.Zr/c2*1-8-6-11-5-4-9(2)10(3)12(11)7-8;1-3-2;;;/h2*4-7H,1-3H3;1-2H3;2*1H;/q2*-1;;;;+4/p-2. The van der Waals surface area contributed by atoms with Crippen LogP contribution >= 0.6 is 17.0 Å². The van der Waals surface area contributed by atoms with Crippen LogP contribution in [0, 0.1) is 41.5 Å². The third kappa shape index (κ3) is 7.79. The number of hydrogen-bond acceptors (Lipinski definition) is 0. The molecule has 0 saturated heterocycles. The van der Waals surface area contributed by atoms with Crippen LogP contribution in [0.25, 0.3) is 21.5 Å². The molecule has 0 fully saturated rings. The molecule has 0 N–H and O–H groups in total. The van der Waals surface area contributed by atoms with Gasteiger partial charge >= 0.3 is 37.9 Å². The summed E-state index contributed by atoms with van der Waals surface area (Å²) in [6, 6.07) is 17.8. The van der Waals surface area contributed by atoms with E-state index in [4.69, 9.17) is 17.0 Å². The Balaban J connectivity index is 0.000000239. The number of hydrogen-bond donors (Lipinski definition) is 0. The minimum absolute atomic E-state index is 0.826. The van der Waals surface area contributed by atoms with Gasteiger partial charge in [0.1, 0.15) is 0 Å². The first-order valence-electron chi connectivity index (χ1n) is 10.0. The number of aryl methyl sites for hydroxylation is 6. The summed E-state index contributed by atoms with van der Waals surface area (Å²) in [5.74, 6) is 0. The average molecular weight is 535 g/mol. The van der Waals surface area contributed by atoms with Crippen LogP contribution < -0.4 is 0 Å². The van der Waals surface area contributed by atoms with E-state index in [1.807, 2.05) is 0 Å². The predicted octanol–water partition coefficient (Wildman–Crippen LogP) is 9.13. The van der Waals surface area contributed by atoms with E-state index >= 15 is 0 Å². The second kappa shape index (κ2) is 13.7. The Morgan fingerprint density at radius 2 is 0.967 bits per heavy atom. The molecule has 0 saturated carbocycles. The Morgan fingerprint density at radius 3 is 1.27 bits per heavy atom. The van der Waals surface area contributed by atoms with Crippen LogP contribution in [0.1, 0.15) is 33.4 Å². The molecule has 158 valence electrons. The van der Waals surface area contributed by atoms with Gasteiger partial charge in [-0.15, -0.1) is 69.1 Å². The molecular weight excluding hydrogens is 503 g/mol. The van der Waals surface area contributed by atoms with Crippen LogP contribution in [0.4, 0.5) is 0 Å². The molecule has 0 heterocycles. The quantitative estimate of drug-likeness (QED) is 0.156. The molecule has 2 radical (unpaired) electrons. The van der Waals surface area contributed by atoms with E-state index in [0.717, 1.165) is 9.52 Å². The minimum atomic E-state index is -0.826. The van der Waals surface area contributed by atoms with Crippen LogP contribution in [0.5, 0.6) is 0 Å². The zero-order valence-corrected chi connectivity index (χ0v) is 24.3. The normalized spacial score (nSPS) is 9.67. The Bertz CT molecular complexity index is 974. The summed E-state index contributed by atoms with van der Waals surface area (Å²) >= 11 is -0.826. The summed E-state index contributed by atoms with van der Waals surface area (Å²) in [4.78, 5) is 0. The molecule has 0 nitrogen and oxygen atoms in total. The number of halogens is 2. The fourth-order valence-corrected chi connectivity index (χ4v) is 3.38. The first-order chi connectivity index (χ1) is 14.2. The van der Waals surface area contributed by atoms with Gasteiger partial charge in [-0.3, -0.25) is 0 Å². The van der Waals surface area contributed by atoms with Gasteiger partial charge in [0, 0.05) is 9.52 Å². The van der Waals surface area contributed by atoms with Crippen molar-refractivity contribution >= 4 is 48.1 Å². The van der Waals surface area contributed by atoms with Gasteiger partial charge < -0.3 is 0 Å². The van der Waals surface area contributed by atoms with Crippen molar-refractivity contribution in [3.8, 4) is 0 Å². The summed E-state index contributed by atoms with van der Waals surface area (Å²) in [6.07, 6.45) is 0. The molecule has 4 heteroatoms. The first kappa shape index (κ1) is 27.4. The first-order valence-corrected chi connectivity index (χ1v) is 18.3. The molecular formula is C26H32Cl2SiZr. The number of fused-ring (bicyclic) bond motifs is 2. The van der Waals surface area contributed by atoms with Gasteiger partial charge in [-0.2, -0.15) is 12.1 Å². The average Bonchev–Trinajstić information content (AvgIpc) is 3.26. The van der Waals surface area contributed by atoms with Gasteiger partial charge in [0.25, 0.3) is 0 Å². The van der Waals surface area contributed by atoms with Crippen molar-refractivity contribution in [2.75, 3.05) is 0 Å². The zero-order chi connectivity index (χ0) is 22.8. The van der Waals surface area contributed by atoms with E-state index in [2.05, 4.69) is 103 Å². The van der Waals surface area contributed by atoms with Crippen molar-refractivity contribution in [3.05, 3.63) is 81.9 Å². The molecule has 0 bridgehead atoms. The number of benzene rings is 2. The van der Waals surface area contributed by atoms with Crippen molar-refractivity contribution in [3.63, 3.8) is 0 Å². The van der Waals surface area contributed by atoms with Crippen molar-refractivity contribution in [1.82, 2.24) is 0 Å². The monoisotopic (exact) mass is 532 g/mol. The third-order valence-electron chi connectivity index (χ3n) is 5.15. The van der Waals surface area contributed by atoms with E-state index in [1.165, 1.54) is 54.9 Å². The van der Waals surface area contributed by atoms with Crippen LogP contribution in [0.15, 0.2) is 48.5 Å². The molecule has 0 aromatic heterocycles.